The zero-order valence-corrected chi connectivity index (χ0v) is 19.8. The Morgan fingerprint density at radius 2 is 1.84 bits per heavy atom. The smallest absolute Gasteiger partial charge is 0.227 e. The number of hydrogen-bond acceptors (Lipinski definition) is 6. The van der Waals surface area contributed by atoms with Crippen LogP contribution in [0.4, 0.5) is 11.8 Å². The highest BCUT2D eigenvalue weighted by Gasteiger charge is 2.25. The number of anilines is 2. The second-order valence-corrected chi connectivity index (χ2v) is 10.3. The fourth-order valence-corrected chi connectivity index (χ4v) is 5.87. The van der Waals surface area contributed by atoms with Gasteiger partial charge >= 0.3 is 0 Å². The summed E-state index contributed by atoms with van der Waals surface area (Å²) in [4.78, 5) is 14.8. The monoisotopic (exact) mass is 475 g/mol. The zero-order valence-electron chi connectivity index (χ0n) is 17.5. The van der Waals surface area contributed by atoms with Gasteiger partial charge in [0.05, 0.1) is 10.2 Å². The summed E-state index contributed by atoms with van der Waals surface area (Å²) in [6.07, 6.45) is 5.16. The molecule has 1 N–H and O–H groups in total. The fraction of sp³-hybridized carbons (Fsp3) is 0.478. The third kappa shape index (κ3) is 4.92. The summed E-state index contributed by atoms with van der Waals surface area (Å²) in [6.45, 7) is 6.47. The molecule has 2 aliphatic heterocycles. The molecular formula is C23H27Cl2N5S. The van der Waals surface area contributed by atoms with Crippen LogP contribution in [0.5, 0.6) is 0 Å². The summed E-state index contributed by atoms with van der Waals surface area (Å²) >= 11 is 14.0. The molecule has 31 heavy (non-hydrogen) atoms. The Morgan fingerprint density at radius 1 is 1.03 bits per heavy atom. The second kappa shape index (κ2) is 9.49. The van der Waals surface area contributed by atoms with E-state index >= 15 is 0 Å². The number of benzene rings is 1. The van der Waals surface area contributed by atoms with E-state index in [1.807, 2.05) is 12.1 Å². The number of likely N-dealkylation sites (tertiary alicyclic amines) is 1. The Kier molecular flexibility index (Phi) is 6.51. The summed E-state index contributed by atoms with van der Waals surface area (Å²) in [5, 5.41) is 6.87. The third-order valence-corrected chi connectivity index (χ3v) is 7.86. The molecule has 0 bridgehead atoms. The van der Waals surface area contributed by atoms with Gasteiger partial charge in [-0.1, -0.05) is 29.3 Å². The predicted molar refractivity (Wildman–Crippen MR) is 132 cm³/mol. The van der Waals surface area contributed by atoms with Crippen LogP contribution in [-0.4, -0.2) is 47.6 Å². The number of nitrogens with zero attached hydrogens (tertiary/aromatic N) is 4. The van der Waals surface area contributed by atoms with Crippen LogP contribution in [0.1, 0.15) is 31.2 Å². The lowest BCUT2D eigenvalue weighted by molar-refractivity contribution is 0.249. The molecule has 0 radical (unpaired) electrons. The zero-order chi connectivity index (χ0) is 21.2. The lowest BCUT2D eigenvalue weighted by atomic mass is 9.96. The normalized spacial score (nSPS) is 18.2. The molecule has 8 heteroatoms. The Morgan fingerprint density at radius 3 is 2.61 bits per heavy atom. The van der Waals surface area contributed by atoms with E-state index in [9.17, 15) is 0 Å². The minimum Gasteiger partial charge on any atom is -0.365 e. The van der Waals surface area contributed by atoms with Crippen molar-refractivity contribution in [3.63, 3.8) is 0 Å². The van der Waals surface area contributed by atoms with E-state index in [0.717, 1.165) is 46.6 Å². The molecule has 164 valence electrons. The molecule has 0 amide bonds. The SMILES string of the molecule is Clc1ccc(CNc2nc(N3CCC(CN4CCCC4)CC3)nc3ccsc23)c(Cl)c1. The Hall–Kier alpha value is -1.60. The van der Waals surface area contributed by atoms with E-state index in [0.29, 0.717) is 16.6 Å². The topological polar surface area (TPSA) is 44.3 Å². The van der Waals surface area contributed by atoms with Crippen molar-refractivity contribution in [3.05, 3.63) is 45.3 Å². The summed E-state index contributed by atoms with van der Waals surface area (Å²) in [7, 11) is 0. The van der Waals surface area contributed by atoms with Gasteiger partial charge in [0.15, 0.2) is 0 Å². The molecule has 5 rings (SSSR count). The van der Waals surface area contributed by atoms with Crippen molar-refractivity contribution in [2.24, 2.45) is 5.92 Å². The summed E-state index contributed by atoms with van der Waals surface area (Å²) in [5.41, 5.74) is 2.00. The fourth-order valence-electron chi connectivity index (χ4n) is 4.60. The van der Waals surface area contributed by atoms with Crippen LogP contribution in [0.25, 0.3) is 10.2 Å². The predicted octanol–water partition coefficient (Wildman–Crippen LogP) is 5.92. The van der Waals surface area contributed by atoms with Crippen molar-refractivity contribution in [1.82, 2.24) is 14.9 Å². The van der Waals surface area contributed by atoms with E-state index < -0.39 is 0 Å². The van der Waals surface area contributed by atoms with Gasteiger partial charge in [-0.3, -0.25) is 0 Å². The van der Waals surface area contributed by atoms with Crippen molar-refractivity contribution < 1.29 is 0 Å². The van der Waals surface area contributed by atoms with Crippen LogP contribution < -0.4 is 10.2 Å². The van der Waals surface area contributed by atoms with Crippen LogP contribution in [0, 0.1) is 5.92 Å². The third-order valence-electron chi connectivity index (χ3n) is 6.37. The largest absolute Gasteiger partial charge is 0.365 e. The van der Waals surface area contributed by atoms with E-state index in [4.69, 9.17) is 33.2 Å². The Balaban J connectivity index is 1.28. The molecule has 2 saturated heterocycles. The maximum atomic E-state index is 6.35. The van der Waals surface area contributed by atoms with E-state index in [2.05, 4.69) is 26.6 Å². The lowest BCUT2D eigenvalue weighted by Gasteiger charge is -2.34. The molecule has 1 aromatic carbocycles. The molecule has 0 atom stereocenters. The first-order valence-corrected chi connectivity index (χ1v) is 12.7. The molecule has 0 unspecified atom stereocenters. The Labute approximate surface area is 197 Å². The van der Waals surface area contributed by atoms with Gasteiger partial charge in [-0.2, -0.15) is 4.98 Å². The van der Waals surface area contributed by atoms with Gasteiger partial charge < -0.3 is 15.1 Å². The molecule has 0 spiro atoms. The number of thiophene rings is 1. The first-order chi connectivity index (χ1) is 15.2. The van der Waals surface area contributed by atoms with Crippen LogP contribution in [0.2, 0.25) is 10.0 Å². The molecular weight excluding hydrogens is 449 g/mol. The van der Waals surface area contributed by atoms with Gasteiger partial charge in [-0.25, -0.2) is 4.98 Å². The first-order valence-electron chi connectivity index (χ1n) is 11.1. The first kappa shape index (κ1) is 21.3. The summed E-state index contributed by atoms with van der Waals surface area (Å²) in [5.74, 6) is 2.50. The highest BCUT2D eigenvalue weighted by atomic mass is 35.5. The molecule has 2 fully saturated rings. The van der Waals surface area contributed by atoms with Crippen molar-refractivity contribution in [3.8, 4) is 0 Å². The molecule has 0 aliphatic carbocycles. The molecule has 4 heterocycles. The van der Waals surface area contributed by atoms with Crippen LogP contribution in [-0.2, 0) is 6.54 Å². The molecule has 2 aromatic heterocycles. The van der Waals surface area contributed by atoms with Crippen molar-refractivity contribution in [1.29, 1.82) is 0 Å². The average Bonchev–Trinajstić information content (AvgIpc) is 3.45. The number of hydrogen-bond donors (Lipinski definition) is 1. The van der Waals surface area contributed by atoms with Gasteiger partial charge in [-0.15, -0.1) is 11.3 Å². The molecule has 2 aliphatic rings. The molecule has 3 aromatic rings. The number of rotatable bonds is 6. The summed E-state index contributed by atoms with van der Waals surface area (Å²) < 4.78 is 1.08. The van der Waals surface area contributed by atoms with Gasteiger partial charge in [0.2, 0.25) is 5.95 Å². The van der Waals surface area contributed by atoms with E-state index in [1.54, 1.807) is 17.4 Å². The standard InChI is InChI=1S/C23H27Cl2N5S/c24-18-4-3-17(19(25)13-18)14-26-22-21-20(7-12-31-21)27-23(28-22)30-10-5-16(6-11-30)15-29-8-1-2-9-29/h3-4,7,12-13,16H,1-2,5-6,8-11,14-15H2,(H,26,27,28). The number of piperidine rings is 1. The van der Waals surface area contributed by atoms with Crippen LogP contribution in [0.15, 0.2) is 29.6 Å². The number of nitrogens with one attached hydrogen (secondary N) is 1. The highest BCUT2D eigenvalue weighted by Crippen LogP contribution is 2.31. The quantitative estimate of drug-likeness (QED) is 0.478. The van der Waals surface area contributed by atoms with Gasteiger partial charge in [0.1, 0.15) is 5.82 Å². The second-order valence-electron chi connectivity index (χ2n) is 8.53. The van der Waals surface area contributed by atoms with Gasteiger partial charge in [0.25, 0.3) is 0 Å². The number of halogens is 2. The van der Waals surface area contributed by atoms with Crippen molar-refractivity contribution in [2.75, 3.05) is 42.9 Å². The number of fused-ring (bicyclic) bond motifs is 1. The van der Waals surface area contributed by atoms with Crippen LogP contribution in [0.3, 0.4) is 0 Å². The summed E-state index contributed by atoms with van der Waals surface area (Å²) in [6, 6.07) is 7.67. The maximum absolute atomic E-state index is 6.35. The van der Waals surface area contributed by atoms with Gasteiger partial charge in [-0.05, 0) is 73.8 Å². The van der Waals surface area contributed by atoms with Crippen LogP contribution >= 0.6 is 34.5 Å². The van der Waals surface area contributed by atoms with Gasteiger partial charge in [0, 0.05) is 36.2 Å². The average molecular weight is 476 g/mol. The lowest BCUT2D eigenvalue weighted by Crippen LogP contribution is -2.38. The number of aromatic nitrogens is 2. The molecule has 0 saturated carbocycles. The maximum Gasteiger partial charge on any atom is 0.227 e. The highest BCUT2D eigenvalue weighted by molar-refractivity contribution is 7.17. The minimum absolute atomic E-state index is 0.595. The van der Waals surface area contributed by atoms with Crippen molar-refractivity contribution in [2.45, 2.75) is 32.2 Å². The van der Waals surface area contributed by atoms with Crippen molar-refractivity contribution >= 4 is 56.5 Å². The minimum atomic E-state index is 0.595. The van der Waals surface area contributed by atoms with E-state index in [1.165, 1.54) is 45.3 Å². The van der Waals surface area contributed by atoms with E-state index in [-0.39, 0.29) is 0 Å². The Bertz CT molecular complexity index is 1040. The molecule has 5 nitrogen and oxygen atoms in total.